The number of carbonyl (C=O) groups is 1. The Hall–Kier alpha value is -3.63. The largest absolute Gasteiger partial charge is 0.486 e. The summed E-state index contributed by atoms with van der Waals surface area (Å²) in [5, 5.41) is 0.267. The molecular formula is C29H30ClFN2O6S. The predicted molar refractivity (Wildman–Crippen MR) is 152 cm³/mol. The van der Waals surface area contributed by atoms with Crippen LogP contribution in [0.1, 0.15) is 43.4 Å². The van der Waals surface area contributed by atoms with E-state index in [9.17, 15) is 17.6 Å². The molecule has 0 fully saturated rings. The summed E-state index contributed by atoms with van der Waals surface area (Å²) in [7, 11) is -2.90. The van der Waals surface area contributed by atoms with Crippen molar-refractivity contribution in [2.75, 3.05) is 24.6 Å². The van der Waals surface area contributed by atoms with E-state index in [4.69, 9.17) is 25.8 Å². The molecule has 0 radical (unpaired) electrons. The van der Waals surface area contributed by atoms with Crippen molar-refractivity contribution < 1.29 is 31.8 Å². The minimum atomic E-state index is -4.19. The molecule has 8 nitrogen and oxygen atoms in total. The third-order valence-electron chi connectivity index (χ3n) is 6.36. The summed E-state index contributed by atoms with van der Waals surface area (Å²) in [6.45, 7) is 5.38. The Morgan fingerprint density at radius 3 is 2.75 bits per heavy atom. The highest BCUT2D eigenvalue weighted by Crippen LogP contribution is 2.41. The van der Waals surface area contributed by atoms with Gasteiger partial charge in [-0.15, -0.1) is 0 Å². The van der Waals surface area contributed by atoms with E-state index in [1.54, 1.807) is 51.1 Å². The number of rotatable bonds is 9. The van der Waals surface area contributed by atoms with Crippen molar-refractivity contribution in [2.24, 2.45) is 0 Å². The molecule has 4 rings (SSSR count). The minimum absolute atomic E-state index is 0.00616. The van der Waals surface area contributed by atoms with Gasteiger partial charge < -0.3 is 14.2 Å². The zero-order chi connectivity index (χ0) is 29.0. The van der Waals surface area contributed by atoms with E-state index in [-0.39, 0.29) is 47.4 Å². The molecule has 1 atom stereocenters. The smallest absolute Gasteiger partial charge is 0.305 e. The molecule has 0 saturated carbocycles. The van der Waals surface area contributed by atoms with Gasteiger partial charge in [0.05, 0.1) is 31.0 Å². The van der Waals surface area contributed by atoms with Gasteiger partial charge in [0.25, 0.3) is 10.0 Å². The maximum atomic E-state index is 14.5. The molecule has 212 valence electrons. The van der Waals surface area contributed by atoms with Crippen LogP contribution in [0.15, 0.2) is 53.6 Å². The second-order valence-electron chi connectivity index (χ2n) is 9.29. The lowest BCUT2D eigenvalue weighted by atomic mass is 10.0. The van der Waals surface area contributed by atoms with Gasteiger partial charge in [0.2, 0.25) is 5.88 Å². The van der Waals surface area contributed by atoms with Crippen molar-refractivity contribution in [1.82, 2.24) is 4.98 Å². The van der Waals surface area contributed by atoms with E-state index in [1.807, 2.05) is 0 Å². The number of fused-ring (bicyclic) bond motifs is 1. The first kappa shape index (κ1) is 29.4. The molecule has 11 heteroatoms. The van der Waals surface area contributed by atoms with Crippen LogP contribution in [0.25, 0.3) is 11.6 Å². The number of aryl methyl sites for hydroxylation is 1. The number of sulfonamides is 1. The summed E-state index contributed by atoms with van der Waals surface area (Å²) in [6.07, 6.45) is 2.95. The Morgan fingerprint density at radius 1 is 1.27 bits per heavy atom. The van der Waals surface area contributed by atoms with Crippen LogP contribution in [0.5, 0.6) is 11.6 Å². The first-order valence-electron chi connectivity index (χ1n) is 12.7. The number of ether oxygens (including phenoxy) is 3. The van der Waals surface area contributed by atoms with Gasteiger partial charge in [-0.2, -0.15) is 0 Å². The number of allylic oxidation sites excluding steroid dienone is 1. The molecular weight excluding hydrogens is 559 g/mol. The van der Waals surface area contributed by atoms with Crippen molar-refractivity contribution in [3.05, 3.63) is 76.2 Å². The SMILES string of the molecule is CCOc1ncc(C)cc1S(=O)(=O)N1C[C@H](CCC(=O)OC)Oc2ccc(/C=C(\C)c3c(F)cccc3Cl)cc21. The van der Waals surface area contributed by atoms with Gasteiger partial charge in [0, 0.05) is 18.2 Å². The molecule has 0 saturated heterocycles. The number of esters is 1. The summed E-state index contributed by atoms with van der Waals surface area (Å²) >= 11 is 6.25. The number of halogens is 2. The Kier molecular flexibility index (Phi) is 9.00. The fourth-order valence-corrected chi connectivity index (χ4v) is 6.43. The number of aromatic nitrogens is 1. The van der Waals surface area contributed by atoms with E-state index in [1.165, 1.54) is 35.8 Å². The van der Waals surface area contributed by atoms with Crippen LogP contribution in [-0.2, 0) is 19.6 Å². The van der Waals surface area contributed by atoms with Crippen LogP contribution in [0.3, 0.4) is 0 Å². The lowest BCUT2D eigenvalue weighted by Crippen LogP contribution is -2.44. The monoisotopic (exact) mass is 588 g/mol. The van der Waals surface area contributed by atoms with Gasteiger partial charge in [0.1, 0.15) is 22.6 Å². The van der Waals surface area contributed by atoms with Gasteiger partial charge in [-0.25, -0.2) is 17.8 Å². The van der Waals surface area contributed by atoms with E-state index in [2.05, 4.69) is 4.98 Å². The van der Waals surface area contributed by atoms with E-state index < -0.39 is 27.9 Å². The van der Waals surface area contributed by atoms with E-state index in [0.717, 1.165) is 0 Å². The molecule has 1 aromatic heterocycles. The van der Waals surface area contributed by atoms with Gasteiger partial charge in [-0.1, -0.05) is 29.8 Å². The molecule has 1 aliphatic heterocycles. The van der Waals surface area contributed by atoms with Crippen LogP contribution in [0.4, 0.5) is 10.1 Å². The fraction of sp³-hybridized carbons (Fsp3) is 0.310. The van der Waals surface area contributed by atoms with E-state index in [0.29, 0.717) is 28.1 Å². The number of carbonyl (C=O) groups excluding carboxylic acids is 1. The van der Waals surface area contributed by atoms with Crippen LogP contribution in [0, 0.1) is 12.7 Å². The summed E-state index contributed by atoms with van der Waals surface area (Å²) in [5.41, 5.74) is 2.37. The molecule has 2 aromatic carbocycles. The standard InChI is InChI=1S/C29H30ClFN2O6S/c1-5-38-29-26(13-18(2)16-32-29)40(35,36)33-17-21(10-12-27(34)37-4)39-25-11-9-20(15-24(25)33)14-19(3)28-22(30)7-6-8-23(28)31/h6-9,11,13-16,21H,5,10,12,17H2,1-4H3/b19-14+/t21-/m0/s1. The summed E-state index contributed by atoms with van der Waals surface area (Å²) in [4.78, 5) is 15.9. The van der Waals surface area contributed by atoms with Gasteiger partial charge >= 0.3 is 5.97 Å². The second kappa shape index (κ2) is 12.3. The molecule has 2 heterocycles. The Morgan fingerprint density at radius 2 is 2.05 bits per heavy atom. The number of hydrogen-bond donors (Lipinski definition) is 0. The van der Waals surface area contributed by atoms with Crippen LogP contribution < -0.4 is 13.8 Å². The van der Waals surface area contributed by atoms with Gasteiger partial charge in [0.15, 0.2) is 0 Å². The van der Waals surface area contributed by atoms with E-state index >= 15 is 0 Å². The van der Waals surface area contributed by atoms with Crippen molar-refractivity contribution >= 4 is 44.9 Å². The fourth-order valence-electron chi connectivity index (χ4n) is 4.45. The summed E-state index contributed by atoms with van der Waals surface area (Å²) in [5.74, 6) is -0.570. The molecule has 40 heavy (non-hydrogen) atoms. The molecule has 0 bridgehead atoms. The molecule has 0 unspecified atom stereocenters. The average Bonchev–Trinajstić information content (AvgIpc) is 2.92. The number of nitrogens with zero attached hydrogens (tertiary/aromatic N) is 2. The third-order valence-corrected chi connectivity index (χ3v) is 8.45. The third kappa shape index (κ3) is 6.23. The maximum Gasteiger partial charge on any atom is 0.305 e. The lowest BCUT2D eigenvalue weighted by Gasteiger charge is -2.36. The number of benzene rings is 2. The first-order chi connectivity index (χ1) is 19.0. The second-order valence-corrected chi connectivity index (χ2v) is 11.5. The minimum Gasteiger partial charge on any atom is -0.486 e. The van der Waals surface area contributed by atoms with Crippen molar-refractivity contribution in [2.45, 2.75) is 44.6 Å². The highest BCUT2D eigenvalue weighted by Gasteiger charge is 2.37. The predicted octanol–water partition coefficient (Wildman–Crippen LogP) is 6.05. The summed E-state index contributed by atoms with van der Waals surface area (Å²) < 4.78 is 60.5. The number of anilines is 1. The lowest BCUT2D eigenvalue weighted by molar-refractivity contribution is -0.141. The quantitative estimate of drug-likeness (QED) is 0.222. The molecule has 3 aromatic rings. The zero-order valence-corrected chi connectivity index (χ0v) is 24.2. The number of pyridine rings is 1. The van der Waals surface area contributed by atoms with Crippen LogP contribution >= 0.6 is 11.6 Å². The Labute approximate surface area is 238 Å². The highest BCUT2D eigenvalue weighted by atomic mass is 35.5. The zero-order valence-electron chi connectivity index (χ0n) is 22.6. The molecule has 1 aliphatic rings. The first-order valence-corrected chi connectivity index (χ1v) is 14.5. The summed E-state index contributed by atoms with van der Waals surface area (Å²) in [6, 6.07) is 11.0. The van der Waals surface area contributed by atoms with Crippen molar-refractivity contribution in [3.63, 3.8) is 0 Å². The van der Waals surface area contributed by atoms with Gasteiger partial charge in [-0.3, -0.25) is 9.10 Å². The molecule has 0 spiro atoms. The highest BCUT2D eigenvalue weighted by molar-refractivity contribution is 7.93. The topological polar surface area (TPSA) is 95.0 Å². The van der Waals surface area contributed by atoms with Crippen LogP contribution in [0.2, 0.25) is 5.02 Å². The van der Waals surface area contributed by atoms with Crippen molar-refractivity contribution in [3.8, 4) is 11.6 Å². The maximum absolute atomic E-state index is 14.5. The van der Waals surface area contributed by atoms with Gasteiger partial charge in [-0.05, 0) is 74.2 Å². The normalized spacial score (nSPS) is 15.3. The number of hydrogen-bond acceptors (Lipinski definition) is 7. The van der Waals surface area contributed by atoms with Crippen LogP contribution in [-0.4, -0.2) is 45.7 Å². The Balaban J connectivity index is 1.81. The molecule has 0 N–H and O–H groups in total. The number of methoxy groups -OCH3 is 1. The molecule has 0 amide bonds. The Bertz CT molecular complexity index is 1540. The molecule has 0 aliphatic carbocycles. The average molecular weight is 589 g/mol. The van der Waals surface area contributed by atoms with Crippen molar-refractivity contribution in [1.29, 1.82) is 0 Å².